The summed E-state index contributed by atoms with van der Waals surface area (Å²) in [4.78, 5) is 26.3. The second-order valence-electron chi connectivity index (χ2n) is 4.29. The summed E-state index contributed by atoms with van der Waals surface area (Å²) >= 11 is 2.64. The van der Waals surface area contributed by atoms with Crippen LogP contribution in [0.25, 0.3) is 10.2 Å². The molecule has 6 nitrogen and oxygen atoms in total. The van der Waals surface area contributed by atoms with Crippen molar-refractivity contribution < 1.29 is 14.8 Å². The average Bonchev–Trinajstić information content (AvgIpc) is 2.89. The van der Waals surface area contributed by atoms with Crippen molar-refractivity contribution in [2.45, 2.75) is 9.24 Å². The van der Waals surface area contributed by atoms with E-state index in [2.05, 4.69) is 4.98 Å². The Morgan fingerprint density at radius 3 is 2.73 bits per heavy atom. The van der Waals surface area contributed by atoms with E-state index in [0.29, 0.717) is 9.24 Å². The monoisotopic (exact) mass is 332 g/mol. The lowest BCUT2D eigenvalue weighted by molar-refractivity contribution is -0.384. The third-order valence-corrected chi connectivity index (χ3v) is 5.05. The molecule has 2 aromatic carbocycles. The first-order chi connectivity index (χ1) is 10.5. The van der Waals surface area contributed by atoms with Crippen LogP contribution in [0.15, 0.2) is 51.7 Å². The van der Waals surface area contributed by atoms with Crippen LogP contribution in [-0.4, -0.2) is 21.0 Å². The summed E-state index contributed by atoms with van der Waals surface area (Å²) in [7, 11) is 0. The fraction of sp³-hybridized carbons (Fsp3) is 0. The van der Waals surface area contributed by atoms with Crippen molar-refractivity contribution in [2.75, 3.05) is 0 Å². The van der Waals surface area contributed by atoms with Gasteiger partial charge in [0.1, 0.15) is 0 Å². The molecule has 3 aromatic rings. The predicted octanol–water partition coefficient (Wildman–Crippen LogP) is 4.05. The topological polar surface area (TPSA) is 93.3 Å². The summed E-state index contributed by atoms with van der Waals surface area (Å²) in [6, 6.07) is 11.4. The molecule has 110 valence electrons. The number of thiazole rings is 1. The third-order valence-electron chi connectivity index (χ3n) is 2.88. The first-order valence-corrected chi connectivity index (χ1v) is 7.73. The van der Waals surface area contributed by atoms with E-state index in [1.165, 1.54) is 35.2 Å². The molecule has 0 aliphatic carbocycles. The van der Waals surface area contributed by atoms with Crippen LogP contribution < -0.4 is 0 Å². The first kappa shape index (κ1) is 14.5. The van der Waals surface area contributed by atoms with E-state index in [-0.39, 0.29) is 11.3 Å². The second kappa shape index (κ2) is 5.74. The maximum Gasteiger partial charge on any atom is 0.337 e. The molecule has 0 radical (unpaired) electrons. The molecule has 1 N–H and O–H groups in total. The fourth-order valence-electron chi connectivity index (χ4n) is 1.88. The third kappa shape index (κ3) is 2.78. The highest BCUT2D eigenvalue weighted by Gasteiger charge is 2.18. The molecule has 0 aliphatic rings. The number of hydrogen-bond donors (Lipinski definition) is 1. The molecule has 3 rings (SSSR count). The molecular formula is C14H8N2O4S2. The standard InChI is InChI=1S/C14H8N2O4S2/c17-13(18)9-7-8(16(19)20)5-6-11(9)21-14-15-10-3-1-2-4-12(10)22-14/h1-7H,(H,17,18). The minimum absolute atomic E-state index is 0.0987. The van der Waals surface area contributed by atoms with Crippen LogP contribution in [-0.2, 0) is 0 Å². The van der Waals surface area contributed by atoms with Gasteiger partial charge in [0, 0.05) is 17.0 Å². The van der Waals surface area contributed by atoms with Gasteiger partial charge in [-0.15, -0.1) is 11.3 Å². The molecule has 0 amide bonds. The lowest BCUT2D eigenvalue weighted by Crippen LogP contribution is -2.00. The molecule has 8 heteroatoms. The highest BCUT2D eigenvalue weighted by atomic mass is 32.2. The number of non-ortho nitro benzene ring substituents is 1. The summed E-state index contributed by atoms with van der Waals surface area (Å²) in [5, 5.41) is 20.0. The van der Waals surface area contributed by atoms with Crippen LogP contribution in [0.4, 0.5) is 5.69 Å². The van der Waals surface area contributed by atoms with Crippen LogP contribution in [0.1, 0.15) is 10.4 Å². The van der Waals surface area contributed by atoms with Gasteiger partial charge < -0.3 is 5.11 Å². The number of fused-ring (bicyclic) bond motifs is 1. The van der Waals surface area contributed by atoms with Gasteiger partial charge in [-0.05, 0) is 18.2 Å². The number of aromatic carboxylic acids is 1. The SMILES string of the molecule is O=C(O)c1cc([N+](=O)[O-])ccc1Sc1nc2ccccc2s1. The molecule has 0 bridgehead atoms. The van der Waals surface area contributed by atoms with Crippen molar-refractivity contribution in [3.05, 3.63) is 58.1 Å². The van der Waals surface area contributed by atoms with E-state index in [1.807, 2.05) is 24.3 Å². The molecule has 0 aliphatic heterocycles. The summed E-state index contributed by atoms with van der Waals surface area (Å²) in [5.74, 6) is -1.20. The molecule has 0 fully saturated rings. The Labute approximate surface area is 132 Å². The normalized spacial score (nSPS) is 10.7. The average molecular weight is 332 g/mol. The quantitative estimate of drug-likeness (QED) is 0.572. The summed E-state index contributed by atoms with van der Waals surface area (Å²) in [6.07, 6.45) is 0. The van der Waals surface area contributed by atoms with E-state index in [0.717, 1.165) is 16.3 Å². The van der Waals surface area contributed by atoms with Gasteiger partial charge in [-0.2, -0.15) is 0 Å². The van der Waals surface area contributed by atoms with Crippen molar-refractivity contribution in [2.24, 2.45) is 0 Å². The number of nitrogens with zero attached hydrogens (tertiary/aromatic N) is 2. The van der Waals surface area contributed by atoms with Gasteiger partial charge >= 0.3 is 5.97 Å². The number of carboxylic acids is 1. The number of carboxylic acid groups (broad SMARTS) is 1. The Bertz CT molecular complexity index is 858. The number of nitro groups is 1. The van der Waals surface area contributed by atoms with Crippen molar-refractivity contribution in [1.82, 2.24) is 4.98 Å². The zero-order valence-electron chi connectivity index (χ0n) is 10.9. The number of hydrogen-bond acceptors (Lipinski definition) is 6. The van der Waals surface area contributed by atoms with Crippen molar-refractivity contribution >= 4 is 45.0 Å². The molecule has 0 unspecified atom stereocenters. The van der Waals surface area contributed by atoms with Crippen molar-refractivity contribution in [3.63, 3.8) is 0 Å². The molecule has 0 saturated heterocycles. The van der Waals surface area contributed by atoms with Gasteiger partial charge in [-0.3, -0.25) is 10.1 Å². The maximum atomic E-state index is 11.3. The molecule has 0 spiro atoms. The summed E-state index contributed by atoms with van der Waals surface area (Å²) < 4.78 is 1.70. The zero-order valence-corrected chi connectivity index (χ0v) is 12.6. The van der Waals surface area contributed by atoms with Gasteiger partial charge in [-0.25, -0.2) is 9.78 Å². The molecular weight excluding hydrogens is 324 g/mol. The zero-order chi connectivity index (χ0) is 15.7. The Morgan fingerprint density at radius 1 is 1.27 bits per heavy atom. The Kier molecular flexibility index (Phi) is 3.78. The fourth-order valence-corrected chi connectivity index (χ4v) is 4.00. The minimum Gasteiger partial charge on any atom is -0.478 e. The number of carbonyl (C=O) groups is 1. The number of para-hydroxylation sites is 1. The smallest absolute Gasteiger partial charge is 0.337 e. The van der Waals surface area contributed by atoms with Gasteiger partial charge in [0.25, 0.3) is 5.69 Å². The molecule has 0 atom stereocenters. The van der Waals surface area contributed by atoms with Gasteiger partial charge in [-0.1, -0.05) is 23.9 Å². The van der Waals surface area contributed by atoms with E-state index in [9.17, 15) is 20.0 Å². The molecule has 1 aromatic heterocycles. The summed E-state index contributed by atoms with van der Waals surface area (Å²) in [5.41, 5.74) is 0.498. The minimum atomic E-state index is -1.20. The van der Waals surface area contributed by atoms with E-state index >= 15 is 0 Å². The molecule has 22 heavy (non-hydrogen) atoms. The highest BCUT2D eigenvalue weighted by molar-refractivity contribution is 8.01. The van der Waals surface area contributed by atoms with Crippen LogP contribution in [0.3, 0.4) is 0 Å². The molecule has 1 heterocycles. The van der Waals surface area contributed by atoms with E-state index in [1.54, 1.807) is 0 Å². The van der Waals surface area contributed by atoms with Gasteiger partial charge in [0.15, 0.2) is 4.34 Å². The predicted molar refractivity (Wildman–Crippen MR) is 83.8 cm³/mol. The van der Waals surface area contributed by atoms with Crippen LogP contribution in [0, 0.1) is 10.1 Å². The van der Waals surface area contributed by atoms with Gasteiger partial charge in [0.05, 0.1) is 20.7 Å². The maximum absolute atomic E-state index is 11.3. The van der Waals surface area contributed by atoms with E-state index in [4.69, 9.17) is 0 Å². The number of nitro benzene ring substituents is 1. The van der Waals surface area contributed by atoms with Crippen LogP contribution in [0.2, 0.25) is 0 Å². The summed E-state index contributed by atoms with van der Waals surface area (Å²) in [6.45, 7) is 0. The lowest BCUT2D eigenvalue weighted by Gasteiger charge is -2.03. The molecule has 0 saturated carbocycles. The lowest BCUT2D eigenvalue weighted by atomic mass is 10.2. The Hall–Kier alpha value is -2.45. The number of rotatable bonds is 4. The van der Waals surface area contributed by atoms with Gasteiger partial charge in [0.2, 0.25) is 0 Å². The van der Waals surface area contributed by atoms with Crippen molar-refractivity contribution in [1.29, 1.82) is 0 Å². The van der Waals surface area contributed by atoms with E-state index < -0.39 is 10.9 Å². The van der Waals surface area contributed by atoms with Crippen LogP contribution >= 0.6 is 23.1 Å². The number of benzene rings is 2. The highest BCUT2D eigenvalue weighted by Crippen LogP contribution is 2.36. The number of aromatic nitrogens is 1. The first-order valence-electron chi connectivity index (χ1n) is 6.10. The Morgan fingerprint density at radius 2 is 2.05 bits per heavy atom. The largest absolute Gasteiger partial charge is 0.478 e. The van der Waals surface area contributed by atoms with Crippen LogP contribution in [0.5, 0.6) is 0 Å². The second-order valence-corrected chi connectivity index (χ2v) is 6.61. The van der Waals surface area contributed by atoms with Crippen molar-refractivity contribution in [3.8, 4) is 0 Å². The Balaban J connectivity index is 2.00.